The van der Waals surface area contributed by atoms with Crippen LogP contribution in [0.25, 0.3) is 0 Å². The van der Waals surface area contributed by atoms with E-state index < -0.39 is 0 Å². The first-order valence-electron chi connectivity index (χ1n) is 7.25. The zero-order valence-corrected chi connectivity index (χ0v) is 12.1. The summed E-state index contributed by atoms with van der Waals surface area (Å²) in [6.45, 7) is 2.72. The number of nitrogens with one attached hydrogen (secondary N) is 1. The molecule has 1 aliphatic carbocycles. The van der Waals surface area contributed by atoms with Crippen molar-refractivity contribution in [3.63, 3.8) is 0 Å². The van der Waals surface area contributed by atoms with Gasteiger partial charge in [0.05, 0.1) is 6.54 Å². The largest absolute Gasteiger partial charge is 0.332 e. The van der Waals surface area contributed by atoms with Gasteiger partial charge in [-0.25, -0.2) is 10.1 Å². The van der Waals surface area contributed by atoms with Gasteiger partial charge in [-0.15, -0.1) is 5.10 Å². The summed E-state index contributed by atoms with van der Waals surface area (Å²) >= 11 is 5.44. The van der Waals surface area contributed by atoms with Gasteiger partial charge in [-0.3, -0.25) is 4.57 Å². The number of fused-ring (bicyclic) bond motifs is 1. The van der Waals surface area contributed by atoms with Crippen molar-refractivity contribution in [1.29, 1.82) is 0 Å². The maximum Gasteiger partial charge on any atom is 0.226 e. The highest BCUT2D eigenvalue weighted by Gasteiger charge is 2.26. The minimum atomic E-state index is 0.512. The van der Waals surface area contributed by atoms with E-state index in [0.29, 0.717) is 6.04 Å². The van der Waals surface area contributed by atoms with Crippen molar-refractivity contribution >= 4 is 18.2 Å². The molecule has 0 atom stereocenters. The summed E-state index contributed by atoms with van der Waals surface area (Å²) in [6.07, 6.45) is 8.92. The molecule has 0 amide bonds. The molecule has 1 aliphatic heterocycles. The summed E-state index contributed by atoms with van der Waals surface area (Å²) in [5.41, 5.74) is 0. The number of anilines is 1. The molecule has 20 heavy (non-hydrogen) atoms. The molecule has 2 aromatic rings. The van der Waals surface area contributed by atoms with Crippen LogP contribution in [0, 0.1) is 4.77 Å². The van der Waals surface area contributed by atoms with Gasteiger partial charge >= 0.3 is 0 Å². The third-order valence-corrected chi connectivity index (χ3v) is 4.69. The average molecular weight is 290 g/mol. The number of aromatic amines is 1. The standard InChI is InChI=1S/C13H18N6S/c20-13-16-15-12(19(13)10-3-1-2-4-10)18-8-7-17-6-5-14-11(17)9-18/h5-6,10H,1-4,7-9H2,(H,16,20). The molecular formula is C13H18N6S. The van der Waals surface area contributed by atoms with Gasteiger partial charge in [0.1, 0.15) is 5.82 Å². The number of imidazole rings is 1. The molecule has 3 heterocycles. The third kappa shape index (κ3) is 1.88. The number of aromatic nitrogens is 5. The second-order valence-electron chi connectivity index (χ2n) is 5.60. The fourth-order valence-corrected chi connectivity index (χ4v) is 3.63. The third-order valence-electron chi connectivity index (χ3n) is 4.40. The fraction of sp³-hybridized carbons (Fsp3) is 0.615. The van der Waals surface area contributed by atoms with Gasteiger partial charge in [0.25, 0.3) is 0 Å². The predicted octanol–water partition coefficient (Wildman–Crippen LogP) is 2.27. The molecule has 0 spiro atoms. The molecule has 0 saturated heterocycles. The van der Waals surface area contributed by atoms with E-state index >= 15 is 0 Å². The van der Waals surface area contributed by atoms with E-state index in [1.54, 1.807) is 0 Å². The molecule has 106 valence electrons. The van der Waals surface area contributed by atoms with Crippen molar-refractivity contribution < 1.29 is 0 Å². The minimum Gasteiger partial charge on any atom is -0.332 e. The van der Waals surface area contributed by atoms with Crippen LogP contribution >= 0.6 is 12.2 Å². The Labute approximate surface area is 122 Å². The van der Waals surface area contributed by atoms with E-state index in [2.05, 4.69) is 29.2 Å². The van der Waals surface area contributed by atoms with E-state index in [4.69, 9.17) is 12.2 Å². The lowest BCUT2D eigenvalue weighted by Crippen LogP contribution is -2.35. The number of nitrogens with zero attached hydrogens (tertiary/aromatic N) is 5. The van der Waals surface area contributed by atoms with E-state index in [-0.39, 0.29) is 0 Å². The van der Waals surface area contributed by atoms with Crippen LogP contribution in [0.5, 0.6) is 0 Å². The Morgan fingerprint density at radius 2 is 2.10 bits per heavy atom. The molecule has 4 rings (SSSR count). The smallest absolute Gasteiger partial charge is 0.226 e. The van der Waals surface area contributed by atoms with Crippen LogP contribution in [0.15, 0.2) is 12.4 Å². The number of H-pyrrole nitrogens is 1. The van der Waals surface area contributed by atoms with Gasteiger partial charge in [-0.1, -0.05) is 12.8 Å². The molecule has 0 unspecified atom stereocenters. The first-order valence-corrected chi connectivity index (χ1v) is 7.65. The second-order valence-corrected chi connectivity index (χ2v) is 5.98. The zero-order chi connectivity index (χ0) is 13.5. The predicted molar refractivity (Wildman–Crippen MR) is 78.2 cm³/mol. The Hall–Kier alpha value is -1.63. The highest BCUT2D eigenvalue weighted by Crippen LogP contribution is 2.33. The summed E-state index contributed by atoms with van der Waals surface area (Å²) in [7, 11) is 0. The average Bonchev–Trinajstić information content (AvgIpc) is 3.17. The van der Waals surface area contributed by atoms with Gasteiger partial charge < -0.3 is 9.47 Å². The van der Waals surface area contributed by atoms with Gasteiger partial charge in [0.2, 0.25) is 5.95 Å². The van der Waals surface area contributed by atoms with Crippen molar-refractivity contribution in [1.82, 2.24) is 24.3 Å². The van der Waals surface area contributed by atoms with Gasteiger partial charge in [-0.2, -0.15) is 0 Å². The van der Waals surface area contributed by atoms with Crippen LogP contribution in [0.3, 0.4) is 0 Å². The summed E-state index contributed by atoms with van der Waals surface area (Å²) < 4.78 is 5.18. The Balaban J connectivity index is 1.68. The maximum atomic E-state index is 5.44. The molecule has 1 saturated carbocycles. The molecule has 1 N–H and O–H groups in total. The topological polar surface area (TPSA) is 54.7 Å². The van der Waals surface area contributed by atoms with E-state index in [9.17, 15) is 0 Å². The lowest BCUT2D eigenvalue weighted by atomic mass is 10.2. The number of rotatable bonds is 2. The number of hydrogen-bond donors (Lipinski definition) is 1. The minimum absolute atomic E-state index is 0.512. The maximum absolute atomic E-state index is 5.44. The molecule has 0 aromatic carbocycles. The Kier molecular flexibility index (Phi) is 2.87. The van der Waals surface area contributed by atoms with Gasteiger partial charge in [0.15, 0.2) is 4.77 Å². The molecule has 7 heteroatoms. The second kappa shape index (κ2) is 4.73. The van der Waals surface area contributed by atoms with Gasteiger partial charge in [-0.05, 0) is 25.1 Å². The van der Waals surface area contributed by atoms with Gasteiger partial charge in [0, 0.05) is 31.5 Å². The molecule has 1 fully saturated rings. The van der Waals surface area contributed by atoms with E-state index in [1.807, 2.05) is 12.4 Å². The first kappa shape index (κ1) is 12.1. The highest BCUT2D eigenvalue weighted by molar-refractivity contribution is 7.71. The van der Waals surface area contributed by atoms with Crippen LogP contribution in [0.4, 0.5) is 5.95 Å². The van der Waals surface area contributed by atoms with E-state index in [0.717, 1.165) is 36.2 Å². The molecule has 0 radical (unpaired) electrons. The van der Waals surface area contributed by atoms with Crippen molar-refractivity contribution in [3.8, 4) is 0 Å². The fourth-order valence-electron chi connectivity index (χ4n) is 3.36. The van der Waals surface area contributed by atoms with Crippen LogP contribution in [-0.4, -0.2) is 30.9 Å². The summed E-state index contributed by atoms with van der Waals surface area (Å²) in [5, 5.41) is 7.45. The molecule has 6 nitrogen and oxygen atoms in total. The monoisotopic (exact) mass is 290 g/mol. The van der Waals surface area contributed by atoms with Crippen LogP contribution in [0.2, 0.25) is 0 Å². The van der Waals surface area contributed by atoms with Crippen molar-refractivity contribution in [2.75, 3.05) is 11.4 Å². The van der Waals surface area contributed by atoms with Crippen molar-refractivity contribution in [2.24, 2.45) is 0 Å². The summed E-state index contributed by atoms with van der Waals surface area (Å²) in [6, 6.07) is 0.512. The molecule has 2 aliphatic rings. The molecule has 0 bridgehead atoms. The molecular weight excluding hydrogens is 272 g/mol. The van der Waals surface area contributed by atoms with Crippen molar-refractivity contribution in [3.05, 3.63) is 23.0 Å². The lowest BCUT2D eigenvalue weighted by molar-refractivity contribution is 0.486. The normalized spacial score (nSPS) is 19.5. The van der Waals surface area contributed by atoms with Crippen LogP contribution in [0.1, 0.15) is 37.5 Å². The lowest BCUT2D eigenvalue weighted by Gasteiger charge is -2.29. The SMILES string of the molecule is S=c1[nH]nc(N2CCn3ccnc3C2)n1C1CCCC1. The van der Waals surface area contributed by atoms with E-state index in [1.165, 1.54) is 25.7 Å². The summed E-state index contributed by atoms with van der Waals surface area (Å²) in [5.74, 6) is 2.08. The van der Waals surface area contributed by atoms with Crippen molar-refractivity contribution in [2.45, 2.75) is 44.8 Å². The quantitative estimate of drug-likeness (QED) is 0.862. The first-order chi connectivity index (χ1) is 9.83. The zero-order valence-electron chi connectivity index (χ0n) is 11.3. The summed E-state index contributed by atoms with van der Waals surface area (Å²) in [4.78, 5) is 6.70. The number of hydrogen-bond acceptors (Lipinski definition) is 4. The molecule has 2 aromatic heterocycles. The highest BCUT2D eigenvalue weighted by atomic mass is 32.1. The van der Waals surface area contributed by atoms with Crippen LogP contribution < -0.4 is 4.90 Å². The Morgan fingerprint density at radius 3 is 2.95 bits per heavy atom. The Bertz CT molecular complexity index is 662. The Morgan fingerprint density at radius 1 is 1.25 bits per heavy atom. The van der Waals surface area contributed by atoms with Crippen LogP contribution in [-0.2, 0) is 13.1 Å².